The molecule has 0 atom stereocenters. The lowest BCUT2D eigenvalue weighted by Gasteiger charge is -2.22. The second-order valence-corrected chi connectivity index (χ2v) is 7.87. The quantitative estimate of drug-likeness (QED) is 0.441. The molecule has 3 nitrogen and oxygen atoms in total. The highest BCUT2D eigenvalue weighted by molar-refractivity contribution is 8.00. The van der Waals surface area contributed by atoms with Crippen LogP contribution in [0.15, 0.2) is 41.4 Å². The first-order valence-electron chi connectivity index (χ1n) is 8.67. The van der Waals surface area contributed by atoms with Gasteiger partial charge in [-0.3, -0.25) is 9.69 Å². The maximum absolute atomic E-state index is 13.1. The number of halogens is 6. The van der Waals surface area contributed by atoms with E-state index in [-0.39, 0.29) is 28.1 Å². The van der Waals surface area contributed by atoms with Gasteiger partial charge in [0.25, 0.3) is 5.91 Å². The standard InChI is InChI=1S/C20H14F6N2OS/c1-2-9-28(17-8-4-13(11-27-17)20(24,25)26)18(29)15-7-3-12(19(21,22)23)10-16(15)30-14-5-6-14/h1,3-4,7-8,10-11,14H,5-6,9H2. The SMILES string of the molecule is C#CCN(C(=O)c1ccc(C(F)(F)F)cc1SC1CC1)c1ccc(C(F)(F)F)cn1. The minimum absolute atomic E-state index is 0.0168. The summed E-state index contributed by atoms with van der Waals surface area (Å²) in [6.07, 6.45) is -1.68. The van der Waals surface area contributed by atoms with Crippen LogP contribution in [0.4, 0.5) is 32.2 Å². The van der Waals surface area contributed by atoms with E-state index in [9.17, 15) is 31.1 Å². The Hall–Kier alpha value is -2.67. The number of rotatable bonds is 5. The van der Waals surface area contributed by atoms with Gasteiger partial charge in [-0.05, 0) is 43.2 Å². The van der Waals surface area contributed by atoms with Crippen molar-refractivity contribution in [2.24, 2.45) is 0 Å². The van der Waals surface area contributed by atoms with E-state index in [1.54, 1.807) is 0 Å². The van der Waals surface area contributed by atoms with Crippen LogP contribution in [-0.2, 0) is 12.4 Å². The van der Waals surface area contributed by atoms with Gasteiger partial charge in [-0.1, -0.05) is 5.92 Å². The third kappa shape index (κ3) is 5.08. The van der Waals surface area contributed by atoms with Crippen LogP contribution in [0.3, 0.4) is 0 Å². The zero-order valence-corrected chi connectivity index (χ0v) is 16.0. The fourth-order valence-electron chi connectivity index (χ4n) is 2.55. The van der Waals surface area contributed by atoms with Crippen LogP contribution in [0.1, 0.15) is 34.3 Å². The molecule has 3 rings (SSSR count). The molecular formula is C20H14F6N2OS. The zero-order valence-electron chi connectivity index (χ0n) is 15.2. The molecule has 0 saturated heterocycles. The summed E-state index contributed by atoms with van der Waals surface area (Å²) >= 11 is 1.16. The molecule has 1 aromatic heterocycles. The number of hydrogen-bond acceptors (Lipinski definition) is 3. The molecule has 0 radical (unpaired) electrons. The number of carbonyl (C=O) groups excluding carboxylic acids is 1. The number of thioether (sulfide) groups is 1. The van der Waals surface area contributed by atoms with Crippen molar-refractivity contribution in [1.82, 2.24) is 4.98 Å². The summed E-state index contributed by atoms with van der Waals surface area (Å²) in [4.78, 5) is 17.9. The summed E-state index contributed by atoms with van der Waals surface area (Å²) in [5, 5.41) is 0.116. The zero-order chi connectivity index (χ0) is 22.1. The number of amides is 1. The Labute approximate surface area is 172 Å². The highest BCUT2D eigenvalue weighted by atomic mass is 32.2. The van der Waals surface area contributed by atoms with Gasteiger partial charge in [0.05, 0.1) is 23.2 Å². The third-order valence-corrected chi connectivity index (χ3v) is 5.60. The molecule has 1 heterocycles. The Morgan fingerprint density at radius 1 is 1.10 bits per heavy atom. The number of benzene rings is 1. The predicted octanol–water partition coefficient (Wildman–Crippen LogP) is 5.65. The molecule has 2 aromatic rings. The highest BCUT2D eigenvalue weighted by Gasteiger charge is 2.34. The molecule has 1 amide bonds. The molecular weight excluding hydrogens is 430 g/mol. The number of terminal acetylenes is 1. The summed E-state index contributed by atoms with van der Waals surface area (Å²) in [6, 6.07) is 4.51. The molecule has 1 saturated carbocycles. The van der Waals surface area contributed by atoms with E-state index in [0.717, 1.165) is 59.8 Å². The molecule has 30 heavy (non-hydrogen) atoms. The lowest BCUT2D eigenvalue weighted by molar-refractivity contribution is -0.138. The third-order valence-electron chi connectivity index (χ3n) is 4.20. The number of hydrogen-bond donors (Lipinski definition) is 0. The first kappa shape index (κ1) is 22.0. The van der Waals surface area contributed by atoms with Crippen molar-refractivity contribution in [1.29, 1.82) is 0 Å². The largest absolute Gasteiger partial charge is 0.417 e. The average Bonchev–Trinajstić information content (AvgIpc) is 3.48. The van der Waals surface area contributed by atoms with Gasteiger partial charge in [-0.15, -0.1) is 18.2 Å². The number of aromatic nitrogens is 1. The molecule has 158 valence electrons. The van der Waals surface area contributed by atoms with Crippen LogP contribution < -0.4 is 4.90 Å². The van der Waals surface area contributed by atoms with Gasteiger partial charge in [0.1, 0.15) is 5.82 Å². The second kappa shape index (κ2) is 8.22. The van der Waals surface area contributed by atoms with Crippen LogP contribution in [0, 0.1) is 12.3 Å². The summed E-state index contributed by atoms with van der Waals surface area (Å²) in [5.41, 5.74) is -1.91. The van der Waals surface area contributed by atoms with Crippen molar-refractivity contribution in [3.8, 4) is 12.3 Å². The molecule has 0 aliphatic heterocycles. The normalized spacial score (nSPS) is 14.3. The Balaban J connectivity index is 1.98. The Morgan fingerprint density at radius 3 is 2.23 bits per heavy atom. The van der Waals surface area contributed by atoms with Gasteiger partial charge in [0.15, 0.2) is 0 Å². The fraction of sp³-hybridized carbons (Fsp3) is 0.300. The molecule has 0 unspecified atom stereocenters. The summed E-state index contributed by atoms with van der Waals surface area (Å²) in [6.45, 7) is -0.314. The predicted molar refractivity (Wildman–Crippen MR) is 100 cm³/mol. The lowest BCUT2D eigenvalue weighted by Crippen LogP contribution is -2.32. The fourth-order valence-corrected chi connectivity index (χ4v) is 3.75. The maximum atomic E-state index is 13.1. The number of alkyl halides is 6. The molecule has 0 spiro atoms. The van der Waals surface area contributed by atoms with Gasteiger partial charge in [0, 0.05) is 16.3 Å². The van der Waals surface area contributed by atoms with E-state index in [4.69, 9.17) is 6.42 Å². The van der Waals surface area contributed by atoms with Crippen molar-refractivity contribution in [3.63, 3.8) is 0 Å². The second-order valence-electron chi connectivity index (χ2n) is 6.52. The number of nitrogens with zero attached hydrogens (tertiary/aromatic N) is 2. The summed E-state index contributed by atoms with van der Waals surface area (Å²) < 4.78 is 77.6. The maximum Gasteiger partial charge on any atom is 0.417 e. The smallest absolute Gasteiger partial charge is 0.281 e. The van der Waals surface area contributed by atoms with Crippen molar-refractivity contribution in [2.45, 2.75) is 35.3 Å². The summed E-state index contributed by atoms with van der Waals surface area (Å²) in [5.74, 6) is 1.36. The number of anilines is 1. The van der Waals surface area contributed by atoms with E-state index >= 15 is 0 Å². The van der Waals surface area contributed by atoms with E-state index < -0.39 is 29.4 Å². The van der Waals surface area contributed by atoms with E-state index in [2.05, 4.69) is 10.9 Å². The Bertz CT molecular complexity index is 975. The van der Waals surface area contributed by atoms with Gasteiger partial charge in [-0.25, -0.2) is 4.98 Å². The van der Waals surface area contributed by atoms with E-state index in [0.29, 0.717) is 6.20 Å². The molecule has 1 aliphatic carbocycles. The van der Waals surface area contributed by atoms with Gasteiger partial charge < -0.3 is 0 Å². The average molecular weight is 444 g/mol. The Morgan fingerprint density at radius 2 is 1.73 bits per heavy atom. The minimum atomic E-state index is -4.60. The van der Waals surface area contributed by atoms with Crippen molar-refractivity contribution in [3.05, 3.63) is 53.2 Å². The monoisotopic (exact) mass is 444 g/mol. The van der Waals surface area contributed by atoms with Gasteiger partial charge in [-0.2, -0.15) is 26.3 Å². The molecule has 1 aromatic carbocycles. The van der Waals surface area contributed by atoms with Gasteiger partial charge >= 0.3 is 12.4 Å². The molecule has 1 aliphatic rings. The summed E-state index contributed by atoms with van der Waals surface area (Å²) in [7, 11) is 0. The minimum Gasteiger partial charge on any atom is -0.281 e. The number of pyridine rings is 1. The van der Waals surface area contributed by atoms with Crippen molar-refractivity contribution < 1.29 is 31.1 Å². The number of carbonyl (C=O) groups is 1. The van der Waals surface area contributed by atoms with Crippen LogP contribution in [0.2, 0.25) is 0 Å². The van der Waals surface area contributed by atoms with Crippen molar-refractivity contribution >= 4 is 23.5 Å². The van der Waals surface area contributed by atoms with Crippen LogP contribution in [0.25, 0.3) is 0 Å². The molecule has 1 fully saturated rings. The van der Waals surface area contributed by atoms with E-state index in [1.807, 2.05) is 0 Å². The van der Waals surface area contributed by atoms with Crippen LogP contribution in [-0.4, -0.2) is 22.7 Å². The van der Waals surface area contributed by atoms with Crippen molar-refractivity contribution in [2.75, 3.05) is 11.4 Å². The first-order valence-corrected chi connectivity index (χ1v) is 9.55. The lowest BCUT2D eigenvalue weighted by atomic mass is 10.1. The first-order chi connectivity index (χ1) is 14.0. The van der Waals surface area contributed by atoms with Gasteiger partial charge in [0.2, 0.25) is 0 Å². The topological polar surface area (TPSA) is 33.2 Å². The molecule has 10 heteroatoms. The Kier molecular flexibility index (Phi) is 6.04. The van der Waals surface area contributed by atoms with E-state index in [1.165, 1.54) is 0 Å². The highest BCUT2D eigenvalue weighted by Crippen LogP contribution is 2.43. The van der Waals surface area contributed by atoms with Crippen LogP contribution in [0.5, 0.6) is 0 Å². The van der Waals surface area contributed by atoms with Crippen LogP contribution >= 0.6 is 11.8 Å². The molecule has 0 bridgehead atoms. The molecule has 0 N–H and O–H groups in total.